The number of carbonyl (C=O) groups is 2. The zero-order chi connectivity index (χ0) is 34.5. The second-order valence-corrected chi connectivity index (χ2v) is 40.3. The van der Waals surface area contributed by atoms with Crippen molar-refractivity contribution in [3.63, 3.8) is 0 Å². The van der Waals surface area contributed by atoms with Gasteiger partial charge in [-0.2, -0.15) is 0 Å². The normalized spacial score (nSPS) is 11.7. The van der Waals surface area contributed by atoms with E-state index < -0.39 is 15.6 Å². The fourth-order valence-electron chi connectivity index (χ4n) is 6.11. The van der Waals surface area contributed by atoms with Gasteiger partial charge in [0.1, 0.15) is 0 Å². The molecule has 0 heterocycles. The van der Waals surface area contributed by atoms with Gasteiger partial charge in [-0.05, 0) is 0 Å². The van der Waals surface area contributed by atoms with E-state index >= 15 is 0 Å². The van der Waals surface area contributed by atoms with Gasteiger partial charge in [0.2, 0.25) is 0 Å². The van der Waals surface area contributed by atoms with Crippen molar-refractivity contribution in [1.29, 1.82) is 0 Å². The second-order valence-electron chi connectivity index (χ2n) is 13.9. The quantitative estimate of drug-likeness (QED) is 0.0352. The average Bonchev–Trinajstić information content (AvgIpc) is 3.07. The number of carbonyl (C=O) groups excluding carboxylic acids is 2. The molecule has 47 heavy (non-hydrogen) atoms. The average molecular weight is 808 g/mol. The molecule has 0 unspecified atom stereocenters. The third-order valence-electron chi connectivity index (χ3n) is 9.25. The van der Waals surface area contributed by atoms with Crippen LogP contribution in [0.25, 0.3) is 0 Å². The molecular weight excluding hydrogens is 727 g/mol. The molecule has 0 spiro atoms. The standard InChI is InChI=1S/2C12H24O2S.2C8H17.Sn/c2*1-2-3-4-5-6-7-8-9-10-14-12(13)11-15;2*1-3-5-7-8-6-4-2;/h2*15H,2-11H2,1H3;2*1,3-8H2,2H3;/q;;;;+2/p-2. The summed E-state index contributed by atoms with van der Waals surface area (Å²) < 4.78 is 14.0. The van der Waals surface area contributed by atoms with Gasteiger partial charge in [-0.25, -0.2) is 0 Å². The Labute approximate surface area is 303 Å². The van der Waals surface area contributed by atoms with Crippen LogP contribution in [0.15, 0.2) is 0 Å². The summed E-state index contributed by atoms with van der Waals surface area (Å²) >= 11 is -2.92. The van der Waals surface area contributed by atoms with Crippen LogP contribution >= 0.6 is 17.9 Å². The van der Waals surface area contributed by atoms with Crippen LogP contribution < -0.4 is 0 Å². The van der Waals surface area contributed by atoms with E-state index in [4.69, 9.17) is 9.47 Å². The van der Waals surface area contributed by atoms with Crippen molar-refractivity contribution in [2.24, 2.45) is 0 Å². The summed E-state index contributed by atoms with van der Waals surface area (Å²) in [7, 11) is 3.94. The predicted octanol–water partition coefficient (Wildman–Crippen LogP) is 14.0. The monoisotopic (exact) mass is 808 g/mol. The fourth-order valence-corrected chi connectivity index (χ4v) is 33.0. The number of rotatable bonds is 38. The van der Waals surface area contributed by atoms with Crippen molar-refractivity contribution in [3.05, 3.63) is 0 Å². The van der Waals surface area contributed by atoms with Crippen LogP contribution in [0.2, 0.25) is 8.87 Å². The Hall–Kier alpha value is 0.439. The molecule has 4 nitrogen and oxygen atoms in total. The first-order chi connectivity index (χ1) is 23.0. The molecule has 0 saturated heterocycles. The molecule has 0 fully saturated rings. The summed E-state index contributed by atoms with van der Waals surface area (Å²) in [6.45, 7) is 10.2. The molecule has 0 aliphatic heterocycles. The van der Waals surface area contributed by atoms with Gasteiger partial charge in [-0.3, -0.25) is 0 Å². The smallest absolute Gasteiger partial charge is 0.0654 e. The van der Waals surface area contributed by atoms with Crippen LogP contribution in [0.3, 0.4) is 0 Å². The van der Waals surface area contributed by atoms with Crippen molar-refractivity contribution in [2.45, 2.75) is 216 Å². The molecule has 0 aromatic heterocycles. The Kier molecular flexibility index (Phi) is 38.0. The minimum atomic E-state index is -2.92. The molecule has 0 aliphatic carbocycles. The molecule has 0 saturated carbocycles. The zero-order valence-electron chi connectivity index (χ0n) is 32.0. The molecule has 0 rings (SSSR count). The number of hydrogen-bond acceptors (Lipinski definition) is 6. The van der Waals surface area contributed by atoms with Gasteiger partial charge >= 0.3 is 279 Å². The Morgan fingerprint density at radius 1 is 0.383 bits per heavy atom. The van der Waals surface area contributed by atoms with E-state index in [2.05, 4.69) is 27.7 Å². The molecule has 0 radical (unpaired) electrons. The van der Waals surface area contributed by atoms with Crippen LogP contribution in [0.4, 0.5) is 0 Å². The van der Waals surface area contributed by atoms with Gasteiger partial charge in [-0.15, -0.1) is 0 Å². The summed E-state index contributed by atoms with van der Waals surface area (Å²) in [6, 6.07) is 0. The molecule has 0 aromatic rings. The number of esters is 2. The summed E-state index contributed by atoms with van der Waals surface area (Å²) in [5.74, 6) is 0.864. The third kappa shape index (κ3) is 33.4. The fraction of sp³-hybridized carbons (Fsp3) is 0.950. The first-order valence-electron chi connectivity index (χ1n) is 20.6. The van der Waals surface area contributed by atoms with E-state index in [1.807, 2.05) is 17.9 Å². The maximum atomic E-state index is 12.9. The zero-order valence-corrected chi connectivity index (χ0v) is 36.5. The Morgan fingerprint density at radius 2 is 0.638 bits per heavy atom. The van der Waals surface area contributed by atoms with Gasteiger partial charge in [0.15, 0.2) is 0 Å². The molecule has 0 bridgehead atoms. The first kappa shape index (κ1) is 47.4. The van der Waals surface area contributed by atoms with Crippen molar-refractivity contribution in [3.8, 4) is 0 Å². The minimum Gasteiger partial charge on any atom is -0.0654 e. The number of unbranched alkanes of at least 4 members (excludes halogenated alkanes) is 24. The van der Waals surface area contributed by atoms with E-state index in [0.29, 0.717) is 24.7 Å². The van der Waals surface area contributed by atoms with E-state index in [-0.39, 0.29) is 11.9 Å². The molecule has 280 valence electrons. The van der Waals surface area contributed by atoms with Gasteiger partial charge < -0.3 is 0 Å². The Morgan fingerprint density at radius 3 is 0.936 bits per heavy atom. The molecule has 0 aliphatic rings. The van der Waals surface area contributed by atoms with E-state index in [9.17, 15) is 9.59 Å². The second kappa shape index (κ2) is 37.7. The molecule has 0 N–H and O–H groups in total. The van der Waals surface area contributed by atoms with Crippen molar-refractivity contribution >= 4 is 45.4 Å². The van der Waals surface area contributed by atoms with Crippen molar-refractivity contribution in [1.82, 2.24) is 0 Å². The number of ether oxygens (including phenoxy) is 2. The SMILES string of the molecule is CCCCCCCCCCOC(=O)C[S][Sn]([CH2]CCCCCCC)([CH2]CCCCCCC)[S]CC(=O)OCCCCCCCCCC. The van der Waals surface area contributed by atoms with Crippen LogP contribution in [-0.4, -0.2) is 52.3 Å². The van der Waals surface area contributed by atoms with Crippen LogP contribution in [0, 0.1) is 0 Å². The predicted molar refractivity (Wildman–Crippen MR) is 214 cm³/mol. The topological polar surface area (TPSA) is 52.6 Å². The minimum absolute atomic E-state index is 0.0391. The maximum absolute atomic E-state index is 12.9. The molecule has 7 heteroatoms. The van der Waals surface area contributed by atoms with Gasteiger partial charge in [-0.1, -0.05) is 26.7 Å². The van der Waals surface area contributed by atoms with Gasteiger partial charge in [0.05, 0.1) is 0 Å². The summed E-state index contributed by atoms with van der Waals surface area (Å²) in [4.78, 5) is 25.8. The van der Waals surface area contributed by atoms with Crippen LogP contribution in [-0.2, 0) is 19.1 Å². The Balaban J connectivity index is 4.96. The van der Waals surface area contributed by atoms with E-state index in [0.717, 1.165) is 25.7 Å². The van der Waals surface area contributed by atoms with Crippen molar-refractivity contribution < 1.29 is 19.1 Å². The van der Waals surface area contributed by atoms with Crippen molar-refractivity contribution in [2.75, 3.05) is 24.7 Å². The molecule has 0 amide bonds. The molecular formula is C40H80O4S2Sn. The van der Waals surface area contributed by atoms with E-state index in [1.54, 1.807) is 0 Å². The molecule has 0 aromatic carbocycles. The summed E-state index contributed by atoms with van der Waals surface area (Å²) in [6.07, 6.45) is 35.5. The molecule has 0 atom stereocenters. The van der Waals surface area contributed by atoms with Gasteiger partial charge in [0.25, 0.3) is 0 Å². The van der Waals surface area contributed by atoms with Gasteiger partial charge in [0, 0.05) is 0 Å². The number of hydrogen-bond donors (Lipinski definition) is 0. The first-order valence-corrected chi connectivity index (χ1v) is 33.6. The summed E-state index contributed by atoms with van der Waals surface area (Å²) in [5.41, 5.74) is 0. The summed E-state index contributed by atoms with van der Waals surface area (Å²) in [5, 5.41) is 0. The Bertz CT molecular complexity index is 623. The van der Waals surface area contributed by atoms with E-state index in [1.165, 1.54) is 163 Å². The van der Waals surface area contributed by atoms with Crippen LogP contribution in [0.5, 0.6) is 0 Å². The third-order valence-corrected chi connectivity index (χ3v) is 39.1. The van der Waals surface area contributed by atoms with Crippen LogP contribution in [0.1, 0.15) is 207 Å².